The molecule has 0 unspecified atom stereocenters. The van der Waals surface area contributed by atoms with Crippen molar-refractivity contribution < 1.29 is 0 Å². The minimum absolute atomic E-state index is 0.918. The van der Waals surface area contributed by atoms with Crippen LogP contribution in [0.1, 0.15) is 16.3 Å². The molecule has 5 nitrogen and oxygen atoms in total. The number of thiazole rings is 1. The summed E-state index contributed by atoms with van der Waals surface area (Å²) in [4.78, 5) is 20.1. The number of fused-ring (bicyclic) bond motifs is 1. The molecule has 1 aliphatic heterocycles. The molecule has 0 fully saturated rings. The third-order valence-electron chi connectivity index (χ3n) is 4.15. The van der Waals surface area contributed by atoms with E-state index in [2.05, 4.69) is 30.9 Å². The van der Waals surface area contributed by atoms with Crippen LogP contribution in [-0.4, -0.2) is 37.9 Å². The number of hydrogen-bond donors (Lipinski definition) is 0. The standard InChI is InChI=1S/C17H17N5S/c1-2-13(10-18-5-1)17-14-3-7-22(11-16-19-6-9-23-16)8-4-15(14)20-12-21-17/h1-2,5-6,9-10,12H,3-4,7-8,11H2. The van der Waals surface area contributed by atoms with Gasteiger partial charge < -0.3 is 0 Å². The van der Waals surface area contributed by atoms with Crippen LogP contribution in [-0.2, 0) is 19.4 Å². The molecule has 4 rings (SSSR count). The molecule has 0 saturated carbocycles. The van der Waals surface area contributed by atoms with Gasteiger partial charge in [0.05, 0.1) is 12.2 Å². The van der Waals surface area contributed by atoms with Gasteiger partial charge in [-0.3, -0.25) is 9.88 Å². The number of nitrogens with zero attached hydrogens (tertiary/aromatic N) is 5. The van der Waals surface area contributed by atoms with E-state index in [9.17, 15) is 0 Å². The fourth-order valence-electron chi connectivity index (χ4n) is 3.00. The van der Waals surface area contributed by atoms with Crippen molar-refractivity contribution in [2.45, 2.75) is 19.4 Å². The predicted molar refractivity (Wildman–Crippen MR) is 90.1 cm³/mol. The van der Waals surface area contributed by atoms with Gasteiger partial charge in [0.2, 0.25) is 0 Å². The van der Waals surface area contributed by atoms with Gasteiger partial charge in [-0.15, -0.1) is 11.3 Å². The van der Waals surface area contributed by atoms with E-state index in [-0.39, 0.29) is 0 Å². The quantitative estimate of drug-likeness (QED) is 0.741. The molecule has 0 amide bonds. The largest absolute Gasteiger partial charge is 0.296 e. The van der Waals surface area contributed by atoms with Gasteiger partial charge in [-0.05, 0) is 18.6 Å². The van der Waals surface area contributed by atoms with Gasteiger partial charge in [0, 0.05) is 60.3 Å². The molecule has 1 aliphatic rings. The second-order valence-electron chi connectivity index (χ2n) is 5.59. The lowest BCUT2D eigenvalue weighted by molar-refractivity contribution is 0.278. The van der Waals surface area contributed by atoms with Crippen molar-refractivity contribution in [3.63, 3.8) is 0 Å². The summed E-state index contributed by atoms with van der Waals surface area (Å²) in [7, 11) is 0. The first-order chi connectivity index (χ1) is 11.4. The minimum atomic E-state index is 0.918. The van der Waals surface area contributed by atoms with Gasteiger partial charge in [-0.1, -0.05) is 0 Å². The summed E-state index contributed by atoms with van der Waals surface area (Å²) in [5, 5.41) is 3.21. The summed E-state index contributed by atoms with van der Waals surface area (Å²) < 4.78 is 0. The predicted octanol–water partition coefficient (Wildman–Crippen LogP) is 2.60. The van der Waals surface area contributed by atoms with Crippen LogP contribution in [0.25, 0.3) is 11.3 Å². The minimum Gasteiger partial charge on any atom is -0.296 e. The Morgan fingerprint density at radius 2 is 2.04 bits per heavy atom. The molecule has 3 aromatic rings. The molecule has 0 bridgehead atoms. The summed E-state index contributed by atoms with van der Waals surface area (Å²) in [6.45, 7) is 2.94. The summed E-state index contributed by atoms with van der Waals surface area (Å²) in [6, 6.07) is 4.02. The van der Waals surface area contributed by atoms with Crippen LogP contribution in [0.15, 0.2) is 42.4 Å². The second-order valence-corrected chi connectivity index (χ2v) is 6.57. The Morgan fingerprint density at radius 3 is 2.87 bits per heavy atom. The fraction of sp³-hybridized carbons (Fsp3) is 0.294. The molecule has 116 valence electrons. The molecule has 0 N–H and O–H groups in total. The van der Waals surface area contributed by atoms with Crippen molar-refractivity contribution in [1.29, 1.82) is 0 Å². The topological polar surface area (TPSA) is 54.8 Å². The summed E-state index contributed by atoms with van der Waals surface area (Å²) in [5.74, 6) is 0. The highest BCUT2D eigenvalue weighted by atomic mass is 32.1. The van der Waals surface area contributed by atoms with E-state index in [1.165, 1.54) is 16.3 Å². The van der Waals surface area contributed by atoms with Crippen molar-refractivity contribution in [3.8, 4) is 11.3 Å². The smallest absolute Gasteiger partial charge is 0.116 e. The van der Waals surface area contributed by atoms with E-state index < -0.39 is 0 Å². The summed E-state index contributed by atoms with van der Waals surface area (Å²) in [5.41, 5.74) is 4.53. The van der Waals surface area contributed by atoms with E-state index in [1.54, 1.807) is 23.9 Å². The highest BCUT2D eigenvalue weighted by Crippen LogP contribution is 2.25. The monoisotopic (exact) mass is 323 g/mol. The zero-order valence-electron chi connectivity index (χ0n) is 12.7. The highest BCUT2D eigenvalue weighted by molar-refractivity contribution is 7.09. The van der Waals surface area contributed by atoms with Crippen LogP contribution >= 0.6 is 11.3 Å². The fourth-order valence-corrected chi connectivity index (χ4v) is 3.66. The first-order valence-corrected chi connectivity index (χ1v) is 8.62. The van der Waals surface area contributed by atoms with Crippen LogP contribution < -0.4 is 0 Å². The maximum atomic E-state index is 4.53. The molecule has 3 aromatic heterocycles. The molecule has 0 aliphatic carbocycles. The van der Waals surface area contributed by atoms with E-state index in [4.69, 9.17) is 0 Å². The van der Waals surface area contributed by atoms with Crippen molar-refractivity contribution in [2.24, 2.45) is 0 Å². The molecule has 4 heterocycles. The third-order valence-corrected chi connectivity index (χ3v) is 4.92. The Bertz CT molecular complexity index is 773. The normalized spacial score (nSPS) is 15.1. The Kier molecular flexibility index (Phi) is 4.08. The highest BCUT2D eigenvalue weighted by Gasteiger charge is 2.19. The van der Waals surface area contributed by atoms with Crippen LogP contribution in [0.5, 0.6) is 0 Å². The van der Waals surface area contributed by atoms with E-state index >= 15 is 0 Å². The zero-order valence-corrected chi connectivity index (χ0v) is 13.5. The molecule has 0 atom stereocenters. The first-order valence-electron chi connectivity index (χ1n) is 7.74. The number of rotatable bonds is 3. The molecular formula is C17H17N5S. The molecule has 6 heteroatoms. The van der Waals surface area contributed by atoms with Gasteiger partial charge in [0.25, 0.3) is 0 Å². The molecule has 0 spiro atoms. The van der Waals surface area contributed by atoms with Gasteiger partial charge in [0.1, 0.15) is 11.3 Å². The SMILES string of the molecule is c1cncc(-c2ncnc3c2CCN(Cc2nccs2)CC3)c1. The van der Waals surface area contributed by atoms with Crippen molar-refractivity contribution >= 4 is 11.3 Å². The van der Waals surface area contributed by atoms with Crippen LogP contribution in [0.3, 0.4) is 0 Å². The average molecular weight is 323 g/mol. The van der Waals surface area contributed by atoms with E-state index in [1.807, 2.05) is 23.8 Å². The van der Waals surface area contributed by atoms with Gasteiger partial charge in [-0.25, -0.2) is 15.0 Å². The summed E-state index contributed by atoms with van der Waals surface area (Å²) >= 11 is 1.72. The van der Waals surface area contributed by atoms with Crippen LogP contribution in [0, 0.1) is 0 Å². The van der Waals surface area contributed by atoms with Gasteiger partial charge in [-0.2, -0.15) is 0 Å². The number of aromatic nitrogens is 4. The lowest BCUT2D eigenvalue weighted by Gasteiger charge is -2.17. The maximum Gasteiger partial charge on any atom is 0.116 e. The average Bonchev–Trinajstić information content (AvgIpc) is 3.02. The summed E-state index contributed by atoms with van der Waals surface area (Å²) in [6.07, 6.45) is 9.14. The maximum absolute atomic E-state index is 4.53. The van der Waals surface area contributed by atoms with E-state index in [0.29, 0.717) is 0 Å². The van der Waals surface area contributed by atoms with Crippen molar-refractivity contribution in [3.05, 3.63) is 58.7 Å². The Hall–Kier alpha value is -2.18. The van der Waals surface area contributed by atoms with Crippen LogP contribution in [0.4, 0.5) is 0 Å². The van der Waals surface area contributed by atoms with Gasteiger partial charge >= 0.3 is 0 Å². The Balaban J connectivity index is 1.59. The zero-order chi connectivity index (χ0) is 15.5. The molecule has 0 radical (unpaired) electrons. The van der Waals surface area contributed by atoms with Crippen molar-refractivity contribution in [1.82, 2.24) is 24.8 Å². The molecule has 0 saturated heterocycles. The molecular weight excluding hydrogens is 306 g/mol. The molecule has 0 aromatic carbocycles. The number of hydrogen-bond acceptors (Lipinski definition) is 6. The number of pyridine rings is 1. The third kappa shape index (κ3) is 3.13. The van der Waals surface area contributed by atoms with E-state index in [0.717, 1.165) is 43.7 Å². The van der Waals surface area contributed by atoms with Crippen LogP contribution in [0.2, 0.25) is 0 Å². The lowest BCUT2D eigenvalue weighted by atomic mass is 10.0. The molecule has 23 heavy (non-hydrogen) atoms. The van der Waals surface area contributed by atoms with Gasteiger partial charge in [0.15, 0.2) is 0 Å². The second kappa shape index (κ2) is 6.52. The Labute approximate surface area is 139 Å². The first kappa shape index (κ1) is 14.4. The van der Waals surface area contributed by atoms with Crippen molar-refractivity contribution in [2.75, 3.05) is 13.1 Å². The lowest BCUT2D eigenvalue weighted by Crippen LogP contribution is -2.25. The Morgan fingerprint density at radius 1 is 1.09 bits per heavy atom.